The number of fused-ring (bicyclic) bond motifs is 1. The zero-order valence-electron chi connectivity index (χ0n) is 13.1. The van der Waals surface area contributed by atoms with E-state index in [0.29, 0.717) is 34.8 Å². The van der Waals surface area contributed by atoms with Crippen LogP contribution < -0.4 is 4.72 Å². The number of nitrogens with zero attached hydrogens (tertiary/aromatic N) is 2. The van der Waals surface area contributed by atoms with Gasteiger partial charge in [-0.1, -0.05) is 26.0 Å². The second kappa shape index (κ2) is 6.01. The molecule has 1 saturated heterocycles. The van der Waals surface area contributed by atoms with Crippen LogP contribution in [0.2, 0.25) is 0 Å². The summed E-state index contributed by atoms with van der Waals surface area (Å²) in [7, 11) is -3.43. The molecule has 22 heavy (non-hydrogen) atoms. The molecule has 2 aliphatic rings. The normalized spacial score (nSPS) is 25.6. The number of hydrogen-bond donors (Lipinski definition) is 1. The second-order valence-corrected chi connectivity index (χ2v) is 8.13. The van der Waals surface area contributed by atoms with Gasteiger partial charge in [-0.3, -0.25) is 14.6 Å². The number of aliphatic imine (C=N–C) groups is 1. The molecule has 1 N–H and O–H groups in total. The molecule has 6 heteroatoms. The van der Waals surface area contributed by atoms with Crippen LogP contribution in [0.5, 0.6) is 0 Å². The molecule has 1 fully saturated rings. The van der Waals surface area contributed by atoms with E-state index in [1.165, 1.54) is 6.42 Å². The predicted octanol–water partition coefficient (Wildman–Crippen LogP) is 1.85. The van der Waals surface area contributed by atoms with E-state index in [1.54, 1.807) is 12.1 Å². The number of amidine groups is 1. The van der Waals surface area contributed by atoms with Gasteiger partial charge in [0, 0.05) is 18.2 Å². The third-order valence-corrected chi connectivity index (χ3v) is 5.62. The van der Waals surface area contributed by atoms with Gasteiger partial charge < -0.3 is 0 Å². The van der Waals surface area contributed by atoms with E-state index < -0.39 is 10.0 Å². The molecule has 1 atom stereocenters. The largest absolute Gasteiger partial charge is 0.298 e. The summed E-state index contributed by atoms with van der Waals surface area (Å²) in [5.41, 5.74) is 0.691. The Labute approximate surface area is 132 Å². The van der Waals surface area contributed by atoms with Crippen molar-refractivity contribution in [3.05, 3.63) is 29.8 Å². The lowest BCUT2D eigenvalue weighted by Gasteiger charge is -2.24. The molecule has 5 nitrogen and oxygen atoms in total. The zero-order valence-corrected chi connectivity index (χ0v) is 13.9. The van der Waals surface area contributed by atoms with Gasteiger partial charge in [0.1, 0.15) is 5.84 Å². The van der Waals surface area contributed by atoms with Gasteiger partial charge in [-0.25, -0.2) is 8.42 Å². The van der Waals surface area contributed by atoms with Crippen molar-refractivity contribution in [3.63, 3.8) is 0 Å². The van der Waals surface area contributed by atoms with Crippen LogP contribution >= 0.6 is 0 Å². The van der Waals surface area contributed by atoms with E-state index in [1.807, 2.05) is 12.1 Å². The van der Waals surface area contributed by atoms with Crippen LogP contribution in [0.4, 0.5) is 0 Å². The molecule has 2 aliphatic heterocycles. The van der Waals surface area contributed by atoms with E-state index in [9.17, 15) is 8.42 Å². The first kappa shape index (κ1) is 15.5. The molecule has 0 aliphatic carbocycles. The second-order valence-electron chi connectivity index (χ2n) is 6.48. The number of rotatable bonds is 4. The molecule has 0 radical (unpaired) electrons. The summed E-state index contributed by atoms with van der Waals surface area (Å²) in [6.45, 7) is 7.30. The van der Waals surface area contributed by atoms with Crippen molar-refractivity contribution in [1.29, 1.82) is 0 Å². The van der Waals surface area contributed by atoms with E-state index in [4.69, 9.17) is 0 Å². The van der Waals surface area contributed by atoms with Crippen LogP contribution in [-0.4, -0.2) is 44.8 Å². The van der Waals surface area contributed by atoms with Crippen LogP contribution in [0.25, 0.3) is 0 Å². The molecule has 0 aromatic heterocycles. The third-order valence-electron chi connectivity index (χ3n) is 4.22. The average molecular weight is 321 g/mol. The Bertz CT molecular complexity index is 682. The maximum Gasteiger partial charge on any atom is 0.263 e. The molecule has 1 aromatic carbocycles. The SMILES string of the molecule is CC(C)CN1CCC[C@@H]1CN=C1NS(=O)(=O)c2ccccc21. The molecule has 0 amide bonds. The number of benzene rings is 1. The van der Waals surface area contributed by atoms with E-state index in [-0.39, 0.29) is 0 Å². The Morgan fingerprint density at radius 1 is 1.36 bits per heavy atom. The van der Waals surface area contributed by atoms with Crippen LogP contribution in [-0.2, 0) is 10.0 Å². The molecular weight excluding hydrogens is 298 g/mol. The summed E-state index contributed by atoms with van der Waals surface area (Å²) in [6.07, 6.45) is 2.34. The number of hydrogen-bond acceptors (Lipinski definition) is 4. The highest BCUT2D eigenvalue weighted by Crippen LogP contribution is 2.23. The van der Waals surface area contributed by atoms with Crippen molar-refractivity contribution in [2.75, 3.05) is 19.6 Å². The van der Waals surface area contributed by atoms with Crippen LogP contribution in [0, 0.1) is 5.92 Å². The Balaban J connectivity index is 1.77. The van der Waals surface area contributed by atoms with Crippen molar-refractivity contribution in [1.82, 2.24) is 9.62 Å². The fourth-order valence-corrected chi connectivity index (χ4v) is 4.51. The first-order valence-electron chi connectivity index (χ1n) is 7.88. The highest BCUT2D eigenvalue weighted by atomic mass is 32.2. The van der Waals surface area contributed by atoms with Crippen LogP contribution in [0.3, 0.4) is 0 Å². The first-order chi connectivity index (χ1) is 10.5. The lowest BCUT2D eigenvalue weighted by atomic mass is 10.1. The Kier molecular flexibility index (Phi) is 4.23. The summed E-state index contributed by atoms with van der Waals surface area (Å²) in [6, 6.07) is 7.44. The standard InChI is InChI=1S/C16H23N3O2S/c1-12(2)11-19-9-5-6-13(19)10-17-16-14-7-3-4-8-15(14)22(20,21)18-16/h3-4,7-8,12-13H,5-6,9-11H2,1-2H3,(H,17,18)/t13-/m1/s1. The van der Waals surface area contributed by atoms with Gasteiger partial charge >= 0.3 is 0 Å². The average Bonchev–Trinajstić information content (AvgIpc) is 2.99. The Hall–Kier alpha value is -1.40. The van der Waals surface area contributed by atoms with Crippen LogP contribution in [0.15, 0.2) is 34.2 Å². The van der Waals surface area contributed by atoms with Gasteiger partial charge in [0.2, 0.25) is 0 Å². The summed E-state index contributed by atoms with van der Waals surface area (Å²) in [4.78, 5) is 7.39. The number of nitrogens with one attached hydrogen (secondary N) is 1. The van der Waals surface area contributed by atoms with Gasteiger partial charge in [0.05, 0.1) is 11.4 Å². The maximum absolute atomic E-state index is 12.1. The first-order valence-corrected chi connectivity index (χ1v) is 9.36. The Morgan fingerprint density at radius 2 is 2.14 bits per heavy atom. The lowest BCUT2D eigenvalue weighted by Crippen LogP contribution is -2.35. The monoisotopic (exact) mass is 321 g/mol. The van der Waals surface area contributed by atoms with Crippen molar-refractivity contribution in [3.8, 4) is 0 Å². The van der Waals surface area contributed by atoms with Crippen molar-refractivity contribution < 1.29 is 8.42 Å². The van der Waals surface area contributed by atoms with Crippen molar-refractivity contribution >= 4 is 15.9 Å². The highest BCUT2D eigenvalue weighted by Gasteiger charge is 2.31. The summed E-state index contributed by atoms with van der Waals surface area (Å²) >= 11 is 0. The van der Waals surface area contributed by atoms with Gasteiger partial charge in [0.15, 0.2) is 0 Å². The quantitative estimate of drug-likeness (QED) is 0.920. The maximum atomic E-state index is 12.1. The smallest absolute Gasteiger partial charge is 0.263 e. The van der Waals surface area contributed by atoms with Gasteiger partial charge in [0.25, 0.3) is 10.0 Å². The number of sulfonamides is 1. The molecule has 0 saturated carbocycles. The third kappa shape index (κ3) is 3.03. The molecular formula is C16H23N3O2S. The molecule has 0 spiro atoms. The summed E-state index contributed by atoms with van der Waals surface area (Å²) in [5.74, 6) is 1.13. The summed E-state index contributed by atoms with van der Waals surface area (Å²) < 4.78 is 26.7. The molecule has 1 aromatic rings. The minimum absolute atomic E-state index is 0.333. The number of likely N-dealkylation sites (tertiary alicyclic amines) is 1. The van der Waals surface area contributed by atoms with Crippen LogP contribution in [0.1, 0.15) is 32.3 Å². The van der Waals surface area contributed by atoms with E-state index >= 15 is 0 Å². The van der Waals surface area contributed by atoms with Crippen molar-refractivity contribution in [2.45, 2.75) is 37.6 Å². The minimum atomic E-state index is -3.43. The fourth-order valence-electron chi connectivity index (χ4n) is 3.26. The lowest BCUT2D eigenvalue weighted by molar-refractivity contribution is 0.231. The Morgan fingerprint density at radius 3 is 2.91 bits per heavy atom. The molecule has 120 valence electrons. The topological polar surface area (TPSA) is 61.8 Å². The fraction of sp³-hybridized carbons (Fsp3) is 0.562. The van der Waals surface area contributed by atoms with E-state index in [0.717, 1.165) is 19.5 Å². The zero-order chi connectivity index (χ0) is 15.7. The molecule has 0 unspecified atom stereocenters. The van der Waals surface area contributed by atoms with Crippen molar-refractivity contribution in [2.24, 2.45) is 10.9 Å². The van der Waals surface area contributed by atoms with Gasteiger partial charge in [-0.15, -0.1) is 0 Å². The minimum Gasteiger partial charge on any atom is -0.298 e. The van der Waals surface area contributed by atoms with Gasteiger partial charge in [-0.2, -0.15) is 0 Å². The predicted molar refractivity (Wildman–Crippen MR) is 87.6 cm³/mol. The van der Waals surface area contributed by atoms with Gasteiger partial charge in [-0.05, 0) is 37.4 Å². The van der Waals surface area contributed by atoms with E-state index in [2.05, 4.69) is 28.5 Å². The molecule has 3 rings (SSSR count). The summed E-state index contributed by atoms with van der Waals surface area (Å²) in [5, 5.41) is 0. The molecule has 2 heterocycles. The molecule has 0 bridgehead atoms. The highest BCUT2D eigenvalue weighted by molar-refractivity contribution is 7.90.